The van der Waals surface area contributed by atoms with Crippen molar-refractivity contribution in [1.29, 1.82) is 0 Å². The number of nitrogens with zero attached hydrogens (tertiary/aromatic N) is 1. The lowest BCUT2D eigenvalue weighted by Crippen LogP contribution is -2.56. The molecule has 1 aromatic heterocycles. The van der Waals surface area contributed by atoms with E-state index in [1.807, 2.05) is 31.2 Å². The van der Waals surface area contributed by atoms with E-state index in [-0.39, 0.29) is 23.3 Å². The summed E-state index contributed by atoms with van der Waals surface area (Å²) < 4.78 is 10.8. The topological polar surface area (TPSA) is 71.8 Å². The van der Waals surface area contributed by atoms with Crippen LogP contribution in [0, 0.1) is 18.8 Å². The third-order valence-electron chi connectivity index (χ3n) is 8.15. The molecule has 3 fully saturated rings. The molecule has 186 valence electrons. The molecule has 1 N–H and O–H groups in total. The number of amides is 1. The molecule has 2 heterocycles. The standard InChI is InChI=1S/C29H36N2O4/c1-20-23(12-15-34-20)8-11-28(33)30-26-10-9-25-19-31(18-22-6-7-22)14-13-29(25,17-26)24-4-3-5-27(16-24)35-21(2)32/h3-5,8,11-12,15-16,22,25-26H,6-7,9-10,13-14,17-19H2,1-2H3,(H,30,33)/t25-,26-,29+/m1/s1. The zero-order valence-corrected chi connectivity index (χ0v) is 20.8. The third-order valence-corrected chi connectivity index (χ3v) is 8.15. The summed E-state index contributed by atoms with van der Waals surface area (Å²) in [5, 5.41) is 3.27. The molecule has 1 aliphatic heterocycles. The number of carbonyl (C=O) groups is 2. The molecule has 3 atom stereocenters. The molecular weight excluding hydrogens is 440 g/mol. The van der Waals surface area contributed by atoms with Crippen LogP contribution in [-0.2, 0) is 15.0 Å². The average Bonchev–Trinajstić information content (AvgIpc) is 3.55. The number of piperidine rings is 1. The summed E-state index contributed by atoms with van der Waals surface area (Å²) in [6.07, 6.45) is 11.8. The molecule has 0 radical (unpaired) electrons. The van der Waals surface area contributed by atoms with Crippen LogP contribution in [0.2, 0.25) is 0 Å². The molecule has 1 saturated heterocycles. The van der Waals surface area contributed by atoms with Gasteiger partial charge < -0.3 is 19.4 Å². The second-order valence-corrected chi connectivity index (χ2v) is 10.7. The van der Waals surface area contributed by atoms with Crippen LogP contribution in [-0.4, -0.2) is 42.5 Å². The SMILES string of the molecule is CC(=O)Oc1cccc([C@@]23CCN(CC4CC4)C[C@H]2CC[C@@H](NC(=O)C=Cc2ccoc2C)C3)c1. The van der Waals surface area contributed by atoms with E-state index >= 15 is 0 Å². The number of nitrogens with one attached hydrogen (secondary N) is 1. The molecule has 5 rings (SSSR count). The maximum absolute atomic E-state index is 12.8. The van der Waals surface area contributed by atoms with Gasteiger partial charge in [-0.25, -0.2) is 0 Å². The molecule has 2 aromatic rings. The quantitative estimate of drug-likeness (QED) is 0.351. The maximum Gasteiger partial charge on any atom is 0.308 e. The Kier molecular flexibility index (Phi) is 6.83. The lowest BCUT2D eigenvalue weighted by atomic mass is 9.58. The highest BCUT2D eigenvalue weighted by Crippen LogP contribution is 2.50. The predicted octanol–water partition coefficient (Wildman–Crippen LogP) is 4.87. The Morgan fingerprint density at radius 3 is 2.83 bits per heavy atom. The number of hydrogen-bond acceptors (Lipinski definition) is 5. The van der Waals surface area contributed by atoms with E-state index in [2.05, 4.69) is 22.3 Å². The predicted molar refractivity (Wildman–Crippen MR) is 135 cm³/mol. The zero-order chi connectivity index (χ0) is 24.4. The van der Waals surface area contributed by atoms with Crippen LogP contribution in [0.5, 0.6) is 5.75 Å². The largest absolute Gasteiger partial charge is 0.469 e. The van der Waals surface area contributed by atoms with Gasteiger partial charge in [-0.2, -0.15) is 0 Å². The smallest absolute Gasteiger partial charge is 0.308 e. The lowest BCUT2D eigenvalue weighted by Gasteiger charge is -2.53. The van der Waals surface area contributed by atoms with Crippen molar-refractivity contribution in [1.82, 2.24) is 10.2 Å². The Bertz CT molecular complexity index is 1100. The molecule has 3 aliphatic rings. The molecule has 1 aromatic carbocycles. The summed E-state index contributed by atoms with van der Waals surface area (Å²) in [5.41, 5.74) is 2.12. The minimum Gasteiger partial charge on any atom is -0.469 e. The molecule has 2 aliphatic carbocycles. The Morgan fingerprint density at radius 2 is 2.09 bits per heavy atom. The third kappa shape index (κ3) is 5.53. The van der Waals surface area contributed by atoms with Gasteiger partial charge in [0.25, 0.3) is 0 Å². The van der Waals surface area contributed by atoms with E-state index in [1.54, 1.807) is 12.3 Å². The summed E-state index contributed by atoms with van der Waals surface area (Å²) in [6, 6.07) is 10.1. The molecule has 6 heteroatoms. The van der Waals surface area contributed by atoms with Gasteiger partial charge in [-0.1, -0.05) is 12.1 Å². The van der Waals surface area contributed by atoms with E-state index in [0.717, 1.165) is 56.0 Å². The van der Waals surface area contributed by atoms with Gasteiger partial charge in [0.05, 0.1) is 6.26 Å². The molecule has 0 unspecified atom stereocenters. The number of carbonyl (C=O) groups excluding carboxylic acids is 2. The van der Waals surface area contributed by atoms with Crippen molar-refractivity contribution in [2.24, 2.45) is 11.8 Å². The van der Waals surface area contributed by atoms with Crippen LogP contribution in [0.15, 0.2) is 47.1 Å². The number of aryl methyl sites for hydroxylation is 1. The summed E-state index contributed by atoms with van der Waals surface area (Å²) >= 11 is 0. The van der Waals surface area contributed by atoms with Crippen molar-refractivity contribution >= 4 is 18.0 Å². The van der Waals surface area contributed by atoms with E-state index in [4.69, 9.17) is 9.15 Å². The lowest BCUT2D eigenvalue weighted by molar-refractivity contribution is -0.131. The minimum atomic E-state index is -0.302. The summed E-state index contributed by atoms with van der Waals surface area (Å²) in [6.45, 7) is 6.73. The number of rotatable bonds is 7. The van der Waals surface area contributed by atoms with Crippen molar-refractivity contribution in [3.05, 3.63) is 59.6 Å². The van der Waals surface area contributed by atoms with Crippen molar-refractivity contribution < 1.29 is 18.7 Å². The van der Waals surface area contributed by atoms with Gasteiger partial charge >= 0.3 is 5.97 Å². The number of ether oxygens (including phenoxy) is 1. The Hall–Kier alpha value is -2.86. The number of benzene rings is 1. The van der Waals surface area contributed by atoms with Crippen molar-refractivity contribution in [3.63, 3.8) is 0 Å². The zero-order valence-electron chi connectivity index (χ0n) is 20.8. The first kappa shape index (κ1) is 23.9. The van der Waals surface area contributed by atoms with E-state index in [1.165, 1.54) is 31.9 Å². The fourth-order valence-electron chi connectivity index (χ4n) is 6.19. The first-order valence-corrected chi connectivity index (χ1v) is 13.0. The Labute approximate surface area is 207 Å². The maximum atomic E-state index is 12.8. The summed E-state index contributed by atoms with van der Waals surface area (Å²) in [5.74, 6) is 2.45. The normalized spacial score (nSPS) is 26.9. The molecule has 0 bridgehead atoms. The van der Waals surface area contributed by atoms with E-state index < -0.39 is 0 Å². The van der Waals surface area contributed by atoms with Gasteiger partial charge in [0, 0.05) is 43.1 Å². The fourth-order valence-corrected chi connectivity index (χ4v) is 6.19. The average molecular weight is 477 g/mol. The van der Waals surface area contributed by atoms with E-state index in [0.29, 0.717) is 11.7 Å². The number of likely N-dealkylation sites (tertiary alicyclic amines) is 1. The number of fused-ring (bicyclic) bond motifs is 1. The van der Waals surface area contributed by atoms with Crippen molar-refractivity contribution in [3.8, 4) is 5.75 Å². The van der Waals surface area contributed by atoms with Gasteiger partial charge in [0.15, 0.2) is 0 Å². The molecule has 0 spiro atoms. The molecular formula is C29H36N2O4. The van der Waals surface area contributed by atoms with Crippen LogP contribution in [0.25, 0.3) is 6.08 Å². The van der Waals surface area contributed by atoms with Crippen LogP contribution in [0.3, 0.4) is 0 Å². The molecule has 6 nitrogen and oxygen atoms in total. The van der Waals surface area contributed by atoms with Crippen molar-refractivity contribution in [2.45, 2.75) is 63.8 Å². The Balaban J connectivity index is 1.34. The fraction of sp³-hybridized carbons (Fsp3) is 0.517. The second-order valence-electron chi connectivity index (χ2n) is 10.7. The first-order chi connectivity index (χ1) is 16.9. The first-order valence-electron chi connectivity index (χ1n) is 13.0. The molecule has 2 saturated carbocycles. The van der Waals surface area contributed by atoms with Gasteiger partial charge in [0.1, 0.15) is 11.5 Å². The van der Waals surface area contributed by atoms with Crippen LogP contribution >= 0.6 is 0 Å². The van der Waals surface area contributed by atoms with Gasteiger partial charge in [0.2, 0.25) is 5.91 Å². The van der Waals surface area contributed by atoms with Gasteiger partial charge in [-0.05, 0) is 93.7 Å². The van der Waals surface area contributed by atoms with E-state index in [9.17, 15) is 9.59 Å². The van der Waals surface area contributed by atoms with Crippen molar-refractivity contribution in [2.75, 3.05) is 19.6 Å². The highest BCUT2D eigenvalue weighted by atomic mass is 16.5. The number of esters is 1. The van der Waals surface area contributed by atoms with Gasteiger partial charge in [-0.3, -0.25) is 9.59 Å². The minimum absolute atomic E-state index is 0.0305. The second kappa shape index (κ2) is 10.0. The molecule has 1 amide bonds. The molecule has 35 heavy (non-hydrogen) atoms. The van der Waals surface area contributed by atoms with Gasteiger partial charge in [-0.15, -0.1) is 0 Å². The van der Waals surface area contributed by atoms with Crippen LogP contribution in [0.1, 0.15) is 62.3 Å². The highest BCUT2D eigenvalue weighted by molar-refractivity contribution is 5.92. The summed E-state index contributed by atoms with van der Waals surface area (Å²) in [4.78, 5) is 27.0. The highest BCUT2D eigenvalue weighted by Gasteiger charge is 2.48. The van der Waals surface area contributed by atoms with Crippen LogP contribution < -0.4 is 10.1 Å². The monoisotopic (exact) mass is 476 g/mol. The van der Waals surface area contributed by atoms with Crippen LogP contribution in [0.4, 0.5) is 0 Å². The number of hydrogen-bond donors (Lipinski definition) is 1. The summed E-state index contributed by atoms with van der Waals surface area (Å²) in [7, 11) is 0. The Morgan fingerprint density at radius 1 is 1.23 bits per heavy atom. The number of furan rings is 1.